The van der Waals surface area contributed by atoms with Crippen LogP contribution in [0.1, 0.15) is 6.42 Å². The van der Waals surface area contributed by atoms with Crippen LogP contribution in [0.4, 0.5) is 4.79 Å². The molecular weight excluding hydrogens is 188 g/mol. The minimum atomic E-state index is -0.248. The Bertz CT molecular complexity index is 160. The van der Waals surface area contributed by atoms with Crippen molar-refractivity contribution in [2.24, 2.45) is 0 Å². The van der Waals surface area contributed by atoms with Crippen LogP contribution in [-0.2, 0) is 4.74 Å². The summed E-state index contributed by atoms with van der Waals surface area (Å²) in [5.74, 6) is 0. The van der Waals surface area contributed by atoms with E-state index in [2.05, 4.69) is 22.8 Å². The Labute approximate surface area is 84.0 Å². The first kappa shape index (κ1) is 10.8. The predicted octanol–water partition coefficient (Wildman–Crippen LogP) is 0.348. The predicted molar refractivity (Wildman–Crippen MR) is 54.3 cm³/mol. The number of thiol groups is 1. The molecule has 1 heterocycles. The summed E-state index contributed by atoms with van der Waals surface area (Å²) in [4.78, 5) is 12.8. The number of nitrogens with zero attached hydrogens (tertiary/aromatic N) is 1. The molecule has 5 heteroatoms. The van der Waals surface area contributed by atoms with Gasteiger partial charge in [-0.05, 0) is 13.0 Å². The largest absolute Gasteiger partial charge is 0.379 e. The summed E-state index contributed by atoms with van der Waals surface area (Å²) < 4.78 is 5.22. The van der Waals surface area contributed by atoms with Crippen molar-refractivity contribution in [1.82, 2.24) is 10.2 Å². The Kier molecular flexibility index (Phi) is 5.19. The van der Waals surface area contributed by atoms with Gasteiger partial charge in [-0.3, -0.25) is 9.69 Å². The zero-order valence-corrected chi connectivity index (χ0v) is 8.56. The number of nitrogens with one attached hydrogen (secondary N) is 1. The average molecular weight is 204 g/mol. The highest BCUT2D eigenvalue weighted by Crippen LogP contribution is 1.97. The monoisotopic (exact) mass is 204 g/mol. The van der Waals surface area contributed by atoms with Gasteiger partial charge in [0.25, 0.3) is 5.24 Å². The molecule has 1 fully saturated rings. The number of rotatable bonds is 4. The molecule has 0 aromatic rings. The fourth-order valence-corrected chi connectivity index (χ4v) is 1.43. The lowest BCUT2D eigenvalue weighted by Crippen LogP contribution is -2.37. The molecule has 0 aliphatic carbocycles. The Morgan fingerprint density at radius 3 is 2.77 bits per heavy atom. The minimum Gasteiger partial charge on any atom is -0.379 e. The maximum absolute atomic E-state index is 10.4. The smallest absolute Gasteiger partial charge is 0.275 e. The molecule has 0 aromatic carbocycles. The second-order valence-corrected chi connectivity index (χ2v) is 3.45. The van der Waals surface area contributed by atoms with Gasteiger partial charge >= 0.3 is 0 Å². The zero-order chi connectivity index (χ0) is 9.52. The number of amides is 1. The normalized spacial score (nSPS) is 18.5. The van der Waals surface area contributed by atoms with Gasteiger partial charge in [0.15, 0.2) is 0 Å². The van der Waals surface area contributed by atoms with Gasteiger partial charge in [-0.2, -0.15) is 0 Å². The highest BCUT2D eigenvalue weighted by molar-refractivity contribution is 7.96. The van der Waals surface area contributed by atoms with Crippen molar-refractivity contribution >= 4 is 17.9 Å². The summed E-state index contributed by atoms with van der Waals surface area (Å²) >= 11 is 3.61. The van der Waals surface area contributed by atoms with E-state index in [1.165, 1.54) is 0 Å². The number of carbonyl (C=O) groups is 1. The van der Waals surface area contributed by atoms with Crippen LogP contribution in [0.3, 0.4) is 0 Å². The molecule has 0 radical (unpaired) electrons. The molecule has 0 spiro atoms. The molecule has 1 saturated heterocycles. The zero-order valence-electron chi connectivity index (χ0n) is 7.66. The number of hydrogen-bond donors (Lipinski definition) is 2. The molecular formula is C8H16N2O2S. The van der Waals surface area contributed by atoms with Crippen LogP contribution < -0.4 is 5.32 Å². The molecule has 13 heavy (non-hydrogen) atoms. The van der Waals surface area contributed by atoms with Gasteiger partial charge in [-0.1, -0.05) is 12.6 Å². The second-order valence-electron chi connectivity index (χ2n) is 3.04. The van der Waals surface area contributed by atoms with Crippen molar-refractivity contribution in [2.45, 2.75) is 6.42 Å². The molecule has 1 N–H and O–H groups in total. The molecule has 0 bridgehead atoms. The molecule has 1 amide bonds. The van der Waals surface area contributed by atoms with Gasteiger partial charge in [-0.25, -0.2) is 0 Å². The Morgan fingerprint density at radius 2 is 2.15 bits per heavy atom. The molecule has 0 unspecified atom stereocenters. The van der Waals surface area contributed by atoms with E-state index < -0.39 is 0 Å². The van der Waals surface area contributed by atoms with Crippen molar-refractivity contribution in [3.05, 3.63) is 0 Å². The lowest BCUT2D eigenvalue weighted by Gasteiger charge is -2.26. The molecule has 4 nitrogen and oxygen atoms in total. The Hall–Kier alpha value is -0.260. The third-order valence-corrected chi connectivity index (χ3v) is 2.19. The third-order valence-electron chi connectivity index (χ3n) is 2.03. The summed E-state index contributed by atoms with van der Waals surface area (Å²) in [7, 11) is 0. The standard InChI is InChI=1S/C8H16N2O2S/c11-8(13)9-2-1-3-10-4-6-12-7-5-10/h1-7H2,(H2,9,11,13). The maximum atomic E-state index is 10.4. The summed E-state index contributed by atoms with van der Waals surface area (Å²) in [5, 5.41) is 2.40. The highest BCUT2D eigenvalue weighted by Gasteiger charge is 2.08. The van der Waals surface area contributed by atoms with E-state index in [4.69, 9.17) is 4.74 Å². The van der Waals surface area contributed by atoms with Gasteiger partial charge in [0.1, 0.15) is 0 Å². The number of hydrogen-bond acceptors (Lipinski definition) is 3. The third kappa shape index (κ3) is 5.13. The first-order chi connectivity index (χ1) is 6.29. The van der Waals surface area contributed by atoms with Crippen LogP contribution in [0.2, 0.25) is 0 Å². The van der Waals surface area contributed by atoms with Crippen molar-refractivity contribution < 1.29 is 9.53 Å². The van der Waals surface area contributed by atoms with Crippen LogP contribution >= 0.6 is 12.6 Å². The SMILES string of the molecule is O=C(S)NCCCN1CCOCC1. The van der Waals surface area contributed by atoms with Crippen molar-refractivity contribution in [3.8, 4) is 0 Å². The molecule has 1 aliphatic rings. The number of morpholine rings is 1. The van der Waals surface area contributed by atoms with Crippen LogP contribution in [0.5, 0.6) is 0 Å². The number of carbonyl (C=O) groups excluding carboxylic acids is 1. The first-order valence-corrected chi connectivity index (χ1v) is 5.00. The Morgan fingerprint density at radius 1 is 1.46 bits per heavy atom. The fourth-order valence-electron chi connectivity index (χ4n) is 1.32. The maximum Gasteiger partial charge on any atom is 0.275 e. The van der Waals surface area contributed by atoms with E-state index in [9.17, 15) is 4.79 Å². The minimum absolute atomic E-state index is 0.248. The molecule has 76 valence electrons. The van der Waals surface area contributed by atoms with E-state index in [1.807, 2.05) is 0 Å². The molecule has 0 aromatic heterocycles. The van der Waals surface area contributed by atoms with E-state index in [0.29, 0.717) is 6.54 Å². The van der Waals surface area contributed by atoms with E-state index in [1.54, 1.807) is 0 Å². The summed E-state index contributed by atoms with van der Waals surface area (Å²) in [6.45, 7) is 5.42. The lowest BCUT2D eigenvalue weighted by molar-refractivity contribution is 0.0375. The van der Waals surface area contributed by atoms with Crippen LogP contribution in [0.15, 0.2) is 0 Å². The quantitative estimate of drug-likeness (QED) is 0.513. The average Bonchev–Trinajstić information content (AvgIpc) is 2.14. The van der Waals surface area contributed by atoms with Gasteiger partial charge in [0.05, 0.1) is 13.2 Å². The summed E-state index contributed by atoms with van der Waals surface area (Å²) in [6, 6.07) is 0. The molecule has 1 aliphatic heterocycles. The second kappa shape index (κ2) is 6.23. The van der Waals surface area contributed by atoms with Crippen LogP contribution in [0.25, 0.3) is 0 Å². The van der Waals surface area contributed by atoms with Gasteiger partial charge in [0.2, 0.25) is 0 Å². The van der Waals surface area contributed by atoms with Crippen molar-refractivity contribution in [1.29, 1.82) is 0 Å². The Balaban J connectivity index is 1.95. The molecule has 1 rings (SSSR count). The van der Waals surface area contributed by atoms with E-state index in [-0.39, 0.29) is 5.24 Å². The molecule has 0 saturated carbocycles. The van der Waals surface area contributed by atoms with Crippen LogP contribution in [0, 0.1) is 0 Å². The molecule has 0 atom stereocenters. The lowest BCUT2D eigenvalue weighted by atomic mass is 10.3. The topological polar surface area (TPSA) is 41.6 Å². The fraction of sp³-hybridized carbons (Fsp3) is 0.875. The van der Waals surface area contributed by atoms with Gasteiger partial charge < -0.3 is 10.1 Å². The van der Waals surface area contributed by atoms with Gasteiger partial charge in [0, 0.05) is 19.6 Å². The first-order valence-electron chi connectivity index (χ1n) is 4.56. The van der Waals surface area contributed by atoms with E-state index in [0.717, 1.165) is 39.3 Å². The summed E-state index contributed by atoms with van der Waals surface area (Å²) in [5.41, 5.74) is 0. The van der Waals surface area contributed by atoms with E-state index >= 15 is 0 Å². The number of ether oxygens (including phenoxy) is 1. The highest BCUT2D eigenvalue weighted by atomic mass is 32.1. The van der Waals surface area contributed by atoms with Crippen LogP contribution in [-0.4, -0.2) is 49.5 Å². The van der Waals surface area contributed by atoms with Gasteiger partial charge in [-0.15, -0.1) is 0 Å². The summed E-state index contributed by atoms with van der Waals surface area (Å²) in [6.07, 6.45) is 0.978. The van der Waals surface area contributed by atoms with Crippen molar-refractivity contribution in [2.75, 3.05) is 39.4 Å². The van der Waals surface area contributed by atoms with Crippen molar-refractivity contribution in [3.63, 3.8) is 0 Å².